The standard InChI is InChI=1S/C22H25FN2O/c1-6-8-11-24-15(3)16(4)25-14-17(7-2)20-13-21(20)19-10-9-18(26-5)12-22(19)23/h6-12,14,20-21H,3-4,13H2,1-2,5H3/b8-6-,17-7+,24-11-,25-14-. The smallest absolute Gasteiger partial charge is 0.130 e. The summed E-state index contributed by atoms with van der Waals surface area (Å²) in [6.45, 7) is 11.6. The van der Waals surface area contributed by atoms with Crippen LogP contribution in [0.2, 0.25) is 0 Å². The Hall–Kier alpha value is -2.75. The first-order valence-corrected chi connectivity index (χ1v) is 8.59. The number of hydrogen-bond acceptors (Lipinski definition) is 3. The highest BCUT2D eigenvalue weighted by Crippen LogP contribution is 2.52. The fraction of sp³-hybridized carbons (Fsp3) is 0.273. The van der Waals surface area contributed by atoms with Crippen molar-refractivity contribution in [2.24, 2.45) is 15.9 Å². The van der Waals surface area contributed by atoms with Crippen LogP contribution >= 0.6 is 0 Å². The molecule has 1 aromatic carbocycles. The molecule has 2 atom stereocenters. The number of aliphatic imine (C=N–C) groups is 2. The number of methoxy groups -OCH3 is 1. The van der Waals surface area contributed by atoms with Gasteiger partial charge in [0.2, 0.25) is 0 Å². The third-order valence-electron chi connectivity index (χ3n) is 4.37. The molecule has 0 aliphatic heterocycles. The number of ether oxygens (including phenoxy) is 1. The van der Waals surface area contributed by atoms with Crippen LogP contribution in [0.1, 0.15) is 31.7 Å². The number of benzene rings is 1. The molecule has 1 fully saturated rings. The average Bonchev–Trinajstić information content (AvgIpc) is 3.42. The molecular weight excluding hydrogens is 327 g/mol. The zero-order valence-corrected chi connectivity index (χ0v) is 15.6. The van der Waals surface area contributed by atoms with Crippen molar-refractivity contribution in [2.45, 2.75) is 26.2 Å². The predicted molar refractivity (Wildman–Crippen MR) is 108 cm³/mol. The van der Waals surface area contributed by atoms with Gasteiger partial charge in [-0.25, -0.2) is 4.39 Å². The van der Waals surface area contributed by atoms with Crippen molar-refractivity contribution in [3.63, 3.8) is 0 Å². The molecule has 3 nitrogen and oxygen atoms in total. The largest absolute Gasteiger partial charge is 0.497 e. The Balaban J connectivity index is 2.03. The minimum Gasteiger partial charge on any atom is -0.497 e. The molecule has 0 amide bonds. The quantitative estimate of drug-likeness (QED) is 0.441. The number of halogens is 1. The molecule has 4 heteroatoms. The minimum atomic E-state index is -0.222. The van der Waals surface area contributed by atoms with Gasteiger partial charge in [0.25, 0.3) is 0 Å². The van der Waals surface area contributed by atoms with Crippen LogP contribution in [0.3, 0.4) is 0 Å². The third kappa shape index (κ3) is 4.88. The van der Waals surface area contributed by atoms with Crippen molar-refractivity contribution in [2.75, 3.05) is 7.11 Å². The molecule has 1 aliphatic carbocycles. The molecule has 2 unspecified atom stereocenters. The summed E-state index contributed by atoms with van der Waals surface area (Å²) in [6, 6.07) is 5.04. The third-order valence-corrected chi connectivity index (χ3v) is 4.37. The zero-order chi connectivity index (χ0) is 19.1. The maximum absolute atomic E-state index is 14.3. The second-order valence-electron chi connectivity index (χ2n) is 6.08. The molecular formula is C22H25FN2O. The molecule has 0 N–H and O–H groups in total. The van der Waals surface area contributed by atoms with Gasteiger partial charge in [-0.05, 0) is 55.4 Å². The first-order chi connectivity index (χ1) is 12.5. The Kier molecular flexibility index (Phi) is 6.84. The van der Waals surface area contributed by atoms with E-state index in [0.717, 1.165) is 17.6 Å². The molecule has 0 bridgehead atoms. The minimum absolute atomic E-state index is 0.169. The van der Waals surface area contributed by atoms with Gasteiger partial charge in [0.15, 0.2) is 0 Å². The van der Waals surface area contributed by atoms with Crippen molar-refractivity contribution >= 4 is 12.4 Å². The normalized spacial score (nSPS) is 20.2. The summed E-state index contributed by atoms with van der Waals surface area (Å²) in [6.07, 6.45) is 10.0. The molecule has 0 aromatic heterocycles. The molecule has 0 spiro atoms. The Morgan fingerprint density at radius 1 is 1.23 bits per heavy atom. The van der Waals surface area contributed by atoms with E-state index in [1.165, 1.54) is 13.2 Å². The van der Waals surface area contributed by atoms with Crippen LogP contribution in [0.4, 0.5) is 4.39 Å². The molecule has 1 aliphatic rings. The number of hydrogen-bond donors (Lipinski definition) is 0. The van der Waals surface area contributed by atoms with Crippen LogP contribution in [-0.4, -0.2) is 19.5 Å². The van der Waals surface area contributed by atoms with E-state index in [-0.39, 0.29) is 17.7 Å². The topological polar surface area (TPSA) is 34.0 Å². The van der Waals surface area contributed by atoms with E-state index in [9.17, 15) is 4.39 Å². The molecule has 0 heterocycles. The van der Waals surface area contributed by atoms with Gasteiger partial charge in [0, 0.05) is 18.5 Å². The fourth-order valence-corrected chi connectivity index (χ4v) is 2.75. The summed E-state index contributed by atoms with van der Waals surface area (Å²) in [5, 5.41) is 0. The lowest BCUT2D eigenvalue weighted by molar-refractivity contribution is 0.410. The maximum Gasteiger partial charge on any atom is 0.130 e. The lowest BCUT2D eigenvalue weighted by atomic mass is 10.0. The average molecular weight is 352 g/mol. The Morgan fingerprint density at radius 2 is 1.96 bits per heavy atom. The van der Waals surface area contributed by atoms with Crippen molar-refractivity contribution < 1.29 is 9.13 Å². The van der Waals surface area contributed by atoms with Gasteiger partial charge in [-0.1, -0.05) is 31.4 Å². The van der Waals surface area contributed by atoms with Crippen LogP contribution in [-0.2, 0) is 0 Å². The van der Waals surface area contributed by atoms with Gasteiger partial charge < -0.3 is 4.74 Å². The summed E-state index contributed by atoms with van der Waals surface area (Å²) in [5.41, 5.74) is 2.82. The van der Waals surface area contributed by atoms with Gasteiger partial charge in [-0.3, -0.25) is 9.98 Å². The van der Waals surface area contributed by atoms with Crippen molar-refractivity contribution in [3.05, 3.63) is 77.9 Å². The lowest BCUT2D eigenvalue weighted by Crippen LogP contribution is -1.95. The fourth-order valence-electron chi connectivity index (χ4n) is 2.75. The molecule has 1 saturated carbocycles. The van der Waals surface area contributed by atoms with E-state index in [1.807, 2.05) is 32.1 Å². The van der Waals surface area contributed by atoms with E-state index in [0.29, 0.717) is 17.1 Å². The van der Waals surface area contributed by atoms with E-state index in [4.69, 9.17) is 4.74 Å². The summed E-state index contributed by atoms with van der Waals surface area (Å²) in [4.78, 5) is 8.54. The second kappa shape index (κ2) is 9.09. The highest BCUT2D eigenvalue weighted by Gasteiger charge is 2.41. The Bertz CT molecular complexity index is 802. The molecule has 26 heavy (non-hydrogen) atoms. The van der Waals surface area contributed by atoms with E-state index in [1.54, 1.807) is 24.6 Å². The van der Waals surface area contributed by atoms with Gasteiger partial charge in [0.05, 0.1) is 18.5 Å². The highest BCUT2D eigenvalue weighted by molar-refractivity contribution is 5.82. The first kappa shape index (κ1) is 19.6. The van der Waals surface area contributed by atoms with E-state index >= 15 is 0 Å². The summed E-state index contributed by atoms with van der Waals surface area (Å²) >= 11 is 0. The van der Waals surface area contributed by atoms with Crippen molar-refractivity contribution in [1.82, 2.24) is 0 Å². The first-order valence-electron chi connectivity index (χ1n) is 8.59. The summed E-state index contributed by atoms with van der Waals surface area (Å²) in [7, 11) is 1.53. The van der Waals surface area contributed by atoms with Gasteiger partial charge >= 0.3 is 0 Å². The molecule has 0 saturated heterocycles. The van der Waals surface area contributed by atoms with Crippen LogP contribution in [0.25, 0.3) is 0 Å². The van der Waals surface area contributed by atoms with Gasteiger partial charge in [-0.2, -0.15) is 0 Å². The number of rotatable bonds is 8. The summed E-state index contributed by atoms with van der Waals surface area (Å²) < 4.78 is 19.3. The molecule has 1 aromatic rings. The maximum atomic E-state index is 14.3. The van der Waals surface area contributed by atoms with E-state index < -0.39 is 0 Å². The Labute approximate surface area is 155 Å². The van der Waals surface area contributed by atoms with Crippen LogP contribution in [0.5, 0.6) is 5.75 Å². The zero-order valence-electron chi connectivity index (χ0n) is 15.6. The van der Waals surface area contributed by atoms with Crippen LogP contribution in [0, 0.1) is 11.7 Å². The molecule has 0 radical (unpaired) electrons. The SMILES string of the molecule is C=C(/N=C\C=C/C)C(=C)/N=C\C(=C/C)C1CC1c1ccc(OC)cc1F. The lowest BCUT2D eigenvalue weighted by Gasteiger charge is -2.06. The number of allylic oxidation sites excluding steroid dienone is 4. The summed E-state index contributed by atoms with van der Waals surface area (Å²) in [5.74, 6) is 0.742. The predicted octanol–water partition coefficient (Wildman–Crippen LogP) is 5.63. The van der Waals surface area contributed by atoms with E-state index in [2.05, 4.69) is 23.1 Å². The molecule has 136 valence electrons. The second-order valence-corrected chi connectivity index (χ2v) is 6.08. The van der Waals surface area contributed by atoms with Crippen LogP contribution in [0.15, 0.2) is 76.5 Å². The van der Waals surface area contributed by atoms with Gasteiger partial charge in [0.1, 0.15) is 11.6 Å². The number of nitrogens with zero attached hydrogens (tertiary/aromatic N) is 2. The van der Waals surface area contributed by atoms with Crippen molar-refractivity contribution in [3.8, 4) is 5.75 Å². The monoisotopic (exact) mass is 352 g/mol. The molecule has 2 rings (SSSR count). The Morgan fingerprint density at radius 3 is 2.58 bits per heavy atom. The van der Waals surface area contributed by atoms with Gasteiger partial charge in [-0.15, -0.1) is 0 Å². The van der Waals surface area contributed by atoms with Crippen molar-refractivity contribution in [1.29, 1.82) is 0 Å². The highest BCUT2D eigenvalue weighted by atomic mass is 19.1. The van der Waals surface area contributed by atoms with Crippen LogP contribution < -0.4 is 4.74 Å².